The molecule has 1 aromatic carbocycles. The molecule has 0 saturated heterocycles. The second kappa shape index (κ2) is 9.97. The Bertz CT molecular complexity index is 996. The van der Waals surface area contributed by atoms with Gasteiger partial charge in [0.05, 0.1) is 23.4 Å². The molecule has 3 aromatic rings. The predicted octanol–water partition coefficient (Wildman–Crippen LogP) is 2.99. The van der Waals surface area contributed by atoms with Crippen molar-refractivity contribution >= 4 is 23.5 Å². The number of anilines is 1. The lowest BCUT2D eigenvalue weighted by Crippen LogP contribution is -2.14. The highest BCUT2D eigenvalue weighted by atomic mass is 35.5. The van der Waals surface area contributed by atoms with Crippen molar-refractivity contribution in [3.63, 3.8) is 0 Å². The van der Waals surface area contributed by atoms with Crippen molar-refractivity contribution in [3.05, 3.63) is 64.3 Å². The van der Waals surface area contributed by atoms with E-state index in [0.717, 1.165) is 11.1 Å². The number of aromatic amines is 1. The minimum atomic E-state index is -0.989. The average Bonchev–Trinajstić information content (AvgIpc) is 3.20. The number of nitrogens with zero attached hydrogens (tertiary/aromatic N) is 2. The van der Waals surface area contributed by atoms with Gasteiger partial charge in [-0.3, -0.25) is 0 Å². The lowest BCUT2D eigenvalue weighted by Gasteiger charge is -2.08. The van der Waals surface area contributed by atoms with Crippen LogP contribution in [0.2, 0.25) is 5.02 Å². The van der Waals surface area contributed by atoms with Gasteiger partial charge in [-0.15, -0.1) is 0 Å². The number of nitrogens with two attached hydrogens (primary N) is 1. The standard InChI is InChI=1S/C11H12N4O2.C8H9ClFNO/c1-6-4-14-11(12-2)15-9(6)7-3-8(10(16)17)13-5-7;9-6-3-5(8(11)4-12)1-2-7(6)10/h3-5,13H,1-2H3,(H,16,17)(H,12,14,15);1-3,8,12H,4,11H2. The molecule has 3 rings (SSSR count). The number of rotatable bonds is 5. The van der Waals surface area contributed by atoms with Crippen LogP contribution in [0.5, 0.6) is 0 Å². The summed E-state index contributed by atoms with van der Waals surface area (Å²) >= 11 is 5.50. The van der Waals surface area contributed by atoms with Crippen LogP contribution in [0.4, 0.5) is 10.3 Å². The van der Waals surface area contributed by atoms with Crippen molar-refractivity contribution in [2.24, 2.45) is 5.73 Å². The highest BCUT2D eigenvalue weighted by Gasteiger charge is 2.11. The third kappa shape index (κ3) is 5.74. The topological polar surface area (TPSA) is 137 Å². The van der Waals surface area contributed by atoms with Gasteiger partial charge in [0.15, 0.2) is 0 Å². The fraction of sp³-hybridized carbons (Fsp3) is 0.211. The zero-order valence-corrected chi connectivity index (χ0v) is 16.5. The van der Waals surface area contributed by atoms with Crippen LogP contribution in [-0.2, 0) is 0 Å². The zero-order valence-electron chi connectivity index (χ0n) is 15.8. The molecule has 2 aromatic heterocycles. The van der Waals surface area contributed by atoms with Crippen LogP contribution in [0, 0.1) is 12.7 Å². The Hall–Kier alpha value is -3.01. The first-order valence-electron chi connectivity index (χ1n) is 8.51. The van der Waals surface area contributed by atoms with Crippen molar-refractivity contribution < 1.29 is 19.4 Å². The molecule has 0 spiro atoms. The molecule has 1 atom stereocenters. The smallest absolute Gasteiger partial charge is 0.352 e. The van der Waals surface area contributed by atoms with Gasteiger partial charge in [-0.2, -0.15) is 0 Å². The molecule has 0 aliphatic heterocycles. The number of aromatic nitrogens is 3. The molecule has 1 unspecified atom stereocenters. The number of aliphatic hydroxyl groups excluding tert-OH is 1. The minimum absolute atomic E-state index is 0.0244. The number of aliphatic hydroxyl groups is 1. The molecule has 0 saturated carbocycles. The van der Waals surface area contributed by atoms with Gasteiger partial charge in [0.25, 0.3) is 0 Å². The van der Waals surface area contributed by atoms with E-state index in [2.05, 4.69) is 20.3 Å². The maximum Gasteiger partial charge on any atom is 0.352 e. The first kappa shape index (κ1) is 22.3. The van der Waals surface area contributed by atoms with E-state index in [-0.39, 0.29) is 17.3 Å². The zero-order chi connectivity index (χ0) is 21.6. The SMILES string of the molecule is CNc1ncc(C)c(-c2c[nH]c(C(=O)O)c2)n1.NC(CO)c1ccc(F)c(Cl)c1. The van der Waals surface area contributed by atoms with Crippen LogP contribution in [0.15, 0.2) is 36.7 Å². The number of nitrogens with one attached hydrogen (secondary N) is 2. The molecular formula is C19H21ClFN5O3. The predicted molar refractivity (Wildman–Crippen MR) is 108 cm³/mol. The highest BCUT2D eigenvalue weighted by molar-refractivity contribution is 6.30. The fourth-order valence-electron chi connectivity index (χ4n) is 2.36. The molecule has 0 radical (unpaired) electrons. The molecule has 8 nitrogen and oxygen atoms in total. The number of halogens is 2. The molecule has 0 aliphatic carbocycles. The van der Waals surface area contributed by atoms with Crippen LogP contribution >= 0.6 is 11.6 Å². The molecule has 6 N–H and O–H groups in total. The van der Waals surface area contributed by atoms with Gasteiger partial charge in [-0.25, -0.2) is 19.2 Å². The third-order valence-electron chi connectivity index (χ3n) is 3.95. The Morgan fingerprint density at radius 1 is 1.41 bits per heavy atom. The van der Waals surface area contributed by atoms with Gasteiger partial charge in [0.2, 0.25) is 5.95 Å². The van der Waals surface area contributed by atoms with Crippen molar-refractivity contribution in [3.8, 4) is 11.3 Å². The lowest BCUT2D eigenvalue weighted by atomic mass is 10.1. The van der Waals surface area contributed by atoms with Crippen LogP contribution in [-0.4, -0.2) is 44.8 Å². The molecule has 0 bridgehead atoms. The third-order valence-corrected chi connectivity index (χ3v) is 4.24. The van der Waals surface area contributed by atoms with Crippen LogP contribution in [0.1, 0.15) is 27.7 Å². The fourth-order valence-corrected chi connectivity index (χ4v) is 2.55. The number of aryl methyl sites for hydroxylation is 1. The number of benzene rings is 1. The maximum absolute atomic E-state index is 12.6. The summed E-state index contributed by atoms with van der Waals surface area (Å²) in [5.41, 5.74) is 8.59. The summed E-state index contributed by atoms with van der Waals surface area (Å²) in [6, 6.07) is 5.20. The van der Waals surface area contributed by atoms with Gasteiger partial charge in [0.1, 0.15) is 11.5 Å². The Morgan fingerprint density at radius 2 is 2.14 bits per heavy atom. The minimum Gasteiger partial charge on any atom is -0.477 e. The number of aromatic carboxylic acids is 1. The first-order valence-corrected chi connectivity index (χ1v) is 8.89. The molecule has 29 heavy (non-hydrogen) atoms. The molecule has 0 aliphatic rings. The summed E-state index contributed by atoms with van der Waals surface area (Å²) in [4.78, 5) is 21.8. The van der Waals surface area contributed by atoms with E-state index in [1.165, 1.54) is 18.2 Å². The van der Waals surface area contributed by atoms with E-state index in [0.29, 0.717) is 17.2 Å². The number of carboxylic acids is 1. The monoisotopic (exact) mass is 421 g/mol. The van der Waals surface area contributed by atoms with E-state index in [1.807, 2.05) is 6.92 Å². The molecule has 154 valence electrons. The first-order chi connectivity index (χ1) is 13.8. The van der Waals surface area contributed by atoms with Crippen molar-refractivity contribution in [2.45, 2.75) is 13.0 Å². The summed E-state index contributed by atoms with van der Waals surface area (Å²) in [5.74, 6) is -0.967. The Kier molecular flexibility index (Phi) is 7.66. The van der Waals surface area contributed by atoms with Gasteiger partial charge >= 0.3 is 5.97 Å². The Balaban J connectivity index is 0.000000221. The second-order valence-corrected chi connectivity index (χ2v) is 6.45. The number of carboxylic acid groups (broad SMARTS) is 1. The van der Waals surface area contributed by atoms with E-state index in [9.17, 15) is 9.18 Å². The van der Waals surface area contributed by atoms with Gasteiger partial charge < -0.3 is 26.2 Å². The Morgan fingerprint density at radius 3 is 2.69 bits per heavy atom. The molecular weight excluding hydrogens is 401 g/mol. The van der Waals surface area contributed by atoms with Gasteiger partial charge in [-0.1, -0.05) is 17.7 Å². The summed E-state index contributed by atoms with van der Waals surface area (Å²) < 4.78 is 12.6. The lowest BCUT2D eigenvalue weighted by molar-refractivity contribution is 0.0691. The normalized spacial score (nSPS) is 11.4. The van der Waals surface area contributed by atoms with Gasteiger partial charge in [-0.05, 0) is 36.2 Å². The van der Waals surface area contributed by atoms with E-state index < -0.39 is 17.8 Å². The molecule has 2 heterocycles. The average molecular weight is 422 g/mol. The van der Waals surface area contributed by atoms with Crippen molar-refractivity contribution in [1.82, 2.24) is 15.0 Å². The number of hydrogen-bond acceptors (Lipinski definition) is 6. The summed E-state index contributed by atoms with van der Waals surface area (Å²) in [6.45, 7) is 1.70. The second-order valence-electron chi connectivity index (χ2n) is 6.05. The number of hydrogen-bond donors (Lipinski definition) is 5. The molecule has 0 fully saturated rings. The van der Waals surface area contributed by atoms with Gasteiger partial charge in [0, 0.05) is 25.0 Å². The summed E-state index contributed by atoms with van der Waals surface area (Å²) in [5, 5.41) is 20.4. The molecule has 0 amide bonds. The van der Waals surface area contributed by atoms with Crippen molar-refractivity contribution in [2.75, 3.05) is 19.0 Å². The maximum atomic E-state index is 12.6. The largest absolute Gasteiger partial charge is 0.477 e. The Labute approximate surface area is 171 Å². The number of carbonyl (C=O) groups is 1. The van der Waals surface area contributed by atoms with E-state index in [1.54, 1.807) is 25.5 Å². The number of H-pyrrole nitrogens is 1. The van der Waals surface area contributed by atoms with Crippen molar-refractivity contribution in [1.29, 1.82) is 0 Å². The summed E-state index contributed by atoms with van der Waals surface area (Å²) in [7, 11) is 1.73. The van der Waals surface area contributed by atoms with E-state index >= 15 is 0 Å². The van der Waals surface area contributed by atoms with E-state index in [4.69, 9.17) is 27.5 Å². The van der Waals surface area contributed by atoms with Crippen LogP contribution in [0.3, 0.4) is 0 Å². The van der Waals surface area contributed by atoms with Crippen LogP contribution < -0.4 is 11.1 Å². The quantitative estimate of drug-likeness (QED) is 0.427. The highest BCUT2D eigenvalue weighted by Crippen LogP contribution is 2.22. The summed E-state index contributed by atoms with van der Waals surface area (Å²) in [6.07, 6.45) is 3.32. The molecule has 10 heteroatoms. The van der Waals surface area contributed by atoms with Crippen LogP contribution in [0.25, 0.3) is 11.3 Å².